The van der Waals surface area contributed by atoms with Crippen LogP contribution in [0.4, 0.5) is 0 Å². The fraction of sp³-hybridized carbons (Fsp3) is 0.226. The lowest BCUT2D eigenvalue weighted by atomic mass is 9.85. The molecular formula is C31H31ClN4O4. The van der Waals surface area contributed by atoms with Gasteiger partial charge in [0.15, 0.2) is 11.5 Å². The van der Waals surface area contributed by atoms with Gasteiger partial charge in [-0.3, -0.25) is 19.8 Å². The van der Waals surface area contributed by atoms with Crippen molar-refractivity contribution in [3.05, 3.63) is 127 Å². The quantitative estimate of drug-likeness (QED) is 0.248. The zero-order chi connectivity index (χ0) is 28.6. The van der Waals surface area contributed by atoms with Crippen LogP contribution in [0.5, 0.6) is 11.5 Å². The second kappa shape index (κ2) is 11.0. The highest BCUT2D eigenvalue weighted by Crippen LogP contribution is 2.42. The van der Waals surface area contributed by atoms with Gasteiger partial charge in [0, 0.05) is 17.3 Å². The number of aromatic amines is 2. The maximum Gasteiger partial charge on any atom is 0.275 e. The molecule has 0 saturated carbocycles. The molecule has 2 heterocycles. The van der Waals surface area contributed by atoms with E-state index >= 15 is 0 Å². The van der Waals surface area contributed by atoms with Crippen LogP contribution < -0.4 is 20.6 Å². The highest BCUT2D eigenvalue weighted by Gasteiger charge is 2.32. The number of ether oxygens (including phenoxy) is 2. The van der Waals surface area contributed by atoms with Crippen LogP contribution in [0.1, 0.15) is 47.8 Å². The van der Waals surface area contributed by atoms with Gasteiger partial charge < -0.3 is 9.47 Å². The number of nitrogens with one attached hydrogen (secondary N) is 2. The molecule has 40 heavy (non-hydrogen) atoms. The van der Waals surface area contributed by atoms with Gasteiger partial charge in [-0.1, -0.05) is 48.0 Å². The first-order chi connectivity index (χ1) is 19.2. The Morgan fingerprint density at radius 3 is 1.68 bits per heavy atom. The minimum absolute atomic E-state index is 0.136. The maximum atomic E-state index is 14.1. The molecule has 0 bridgehead atoms. The maximum absolute atomic E-state index is 14.1. The summed E-state index contributed by atoms with van der Waals surface area (Å²) in [5, 5.41) is 6.73. The van der Waals surface area contributed by atoms with Gasteiger partial charge in [0.05, 0.1) is 40.7 Å². The second-order valence-corrected chi connectivity index (χ2v) is 10.3. The molecule has 5 rings (SSSR count). The molecule has 206 valence electrons. The summed E-state index contributed by atoms with van der Waals surface area (Å²) in [7, 11) is 1.53. The zero-order valence-corrected chi connectivity index (χ0v) is 23.7. The van der Waals surface area contributed by atoms with Crippen molar-refractivity contribution < 1.29 is 9.47 Å². The molecule has 0 aliphatic carbocycles. The number of H-pyrrole nitrogens is 2. The predicted octanol–water partition coefficient (Wildman–Crippen LogP) is 5.89. The molecule has 0 fully saturated rings. The van der Waals surface area contributed by atoms with Crippen molar-refractivity contribution in [2.24, 2.45) is 0 Å². The third-order valence-electron chi connectivity index (χ3n) is 6.78. The molecule has 2 N–H and O–H groups in total. The van der Waals surface area contributed by atoms with Crippen molar-refractivity contribution in [2.45, 2.75) is 39.7 Å². The van der Waals surface area contributed by atoms with E-state index in [4.69, 9.17) is 21.1 Å². The Kier molecular flexibility index (Phi) is 7.45. The van der Waals surface area contributed by atoms with Gasteiger partial charge in [0.1, 0.15) is 0 Å². The van der Waals surface area contributed by atoms with E-state index in [9.17, 15) is 9.59 Å². The summed E-state index contributed by atoms with van der Waals surface area (Å²) in [5.41, 5.74) is 3.57. The first-order valence-corrected chi connectivity index (χ1v) is 13.4. The van der Waals surface area contributed by atoms with Crippen molar-refractivity contribution in [2.75, 3.05) is 7.11 Å². The van der Waals surface area contributed by atoms with E-state index < -0.39 is 5.92 Å². The molecule has 2 aromatic heterocycles. The van der Waals surface area contributed by atoms with Crippen LogP contribution >= 0.6 is 11.6 Å². The highest BCUT2D eigenvalue weighted by atomic mass is 35.5. The van der Waals surface area contributed by atoms with E-state index in [1.54, 1.807) is 12.1 Å². The third kappa shape index (κ3) is 4.86. The standard InChI is InChI=1S/C31H31ClN4O4/c1-18(2)40-29-24(32)16-21(17-25(29)39-5)28(26-19(3)33-35(30(26)37)22-12-8-6-9-13-22)27-20(4)34-36(31(27)38)23-14-10-7-11-15-23/h6-18,28,33-34H,1-5H3. The first kappa shape index (κ1) is 27.1. The van der Waals surface area contributed by atoms with Gasteiger partial charge >= 0.3 is 0 Å². The largest absolute Gasteiger partial charge is 0.493 e. The summed E-state index contributed by atoms with van der Waals surface area (Å²) < 4.78 is 14.6. The average Bonchev–Trinajstić information content (AvgIpc) is 3.41. The summed E-state index contributed by atoms with van der Waals surface area (Å²) >= 11 is 6.75. The van der Waals surface area contributed by atoms with Gasteiger partial charge in [-0.05, 0) is 69.7 Å². The lowest BCUT2D eigenvalue weighted by molar-refractivity contribution is 0.230. The molecule has 0 aliphatic rings. The van der Waals surface area contributed by atoms with Crippen LogP contribution in [-0.4, -0.2) is 32.8 Å². The van der Waals surface area contributed by atoms with Crippen molar-refractivity contribution in [3.8, 4) is 22.9 Å². The Bertz CT molecular complexity index is 1670. The lowest BCUT2D eigenvalue weighted by Gasteiger charge is -2.20. The molecule has 0 radical (unpaired) electrons. The minimum atomic E-state index is -0.762. The molecule has 0 spiro atoms. The summed E-state index contributed by atoms with van der Waals surface area (Å²) in [6.07, 6.45) is -0.136. The Morgan fingerprint density at radius 2 is 1.25 bits per heavy atom. The van der Waals surface area contributed by atoms with E-state index in [-0.39, 0.29) is 17.2 Å². The van der Waals surface area contributed by atoms with Gasteiger partial charge in [-0.2, -0.15) is 0 Å². The minimum Gasteiger partial charge on any atom is -0.493 e. The molecule has 0 unspecified atom stereocenters. The molecule has 0 aliphatic heterocycles. The fourth-order valence-corrected chi connectivity index (χ4v) is 5.31. The van der Waals surface area contributed by atoms with Crippen LogP contribution in [0.3, 0.4) is 0 Å². The summed E-state index contributed by atoms with van der Waals surface area (Å²) in [6, 6.07) is 22.1. The van der Waals surface area contributed by atoms with Crippen LogP contribution in [0, 0.1) is 13.8 Å². The number of rotatable bonds is 8. The van der Waals surface area contributed by atoms with E-state index in [0.717, 1.165) is 0 Å². The third-order valence-corrected chi connectivity index (χ3v) is 7.06. The van der Waals surface area contributed by atoms with E-state index in [1.807, 2.05) is 88.4 Å². The van der Waals surface area contributed by atoms with Gasteiger partial charge in [0.25, 0.3) is 11.1 Å². The van der Waals surface area contributed by atoms with Crippen molar-refractivity contribution >= 4 is 11.6 Å². The van der Waals surface area contributed by atoms with E-state index in [0.29, 0.717) is 56.0 Å². The van der Waals surface area contributed by atoms with E-state index in [1.165, 1.54) is 16.5 Å². The lowest BCUT2D eigenvalue weighted by Crippen LogP contribution is -2.25. The normalized spacial score (nSPS) is 11.4. The zero-order valence-electron chi connectivity index (χ0n) is 23.0. The van der Waals surface area contributed by atoms with Gasteiger partial charge in [0.2, 0.25) is 0 Å². The number of hydrogen-bond donors (Lipinski definition) is 2. The number of aromatic nitrogens is 4. The molecular weight excluding hydrogens is 528 g/mol. The SMILES string of the molecule is COc1cc(C(c2c(C)[nH]n(-c3ccccc3)c2=O)c2c(C)[nH]n(-c3ccccc3)c2=O)cc(Cl)c1OC(C)C. The summed E-state index contributed by atoms with van der Waals surface area (Å²) in [4.78, 5) is 28.1. The highest BCUT2D eigenvalue weighted by molar-refractivity contribution is 6.32. The van der Waals surface area contributed by atoms with Crippen molar-refractivity contribution in [1.29, 1.82) is 0 Å². The molecule has 0 atom stereocenters. The van der Waals surface area contributed by atoms with Crippen LogP contribution in [-0.2, 0) is 0 Å². The second-order valence-electron chi connectivity index (χ2n) is 9.89. The van der Waals surface area contributed by atoms with Gasteiger partial charge in [-0.15, -0.1) is 0 Å². The Morgan fingerprint density at radius 1 is 0.775 bits per heavy atom. The monoisotopic (exact) mass is 558 g/mol. The predicted molar refractivity (Wildman–Crippen MR) is 157 cm³/mol. The topological polar surface area (TPSA) is 94.0 Å². The Labute approximate surface area is 236 Å². The van der Waals surface area contributed by atoms with Crippen LogP contribution in [0.2, 0.25) is 5.02 Å². The molecule has 9 heteroatoms. The number of hydrogen-bond acceptors (Lipinski definition) is 4. The number of benzene rings is 3. The Hall–Kier alpha value is -4.43. The van der Waals surface area contributed by atoms with Crippen LogP contribution in [0.15, 0.2) is 82.4 Å². The van der Waals surface area contributed by atoms with Crippen molar-refractivity contribution in [3.63, 3.8) is 0 Å². The molecule has 5 aromatic rings. The first-order valence-electron chi connectivity index (χ1n) is 13.0. The molecule has 0 amide bonds. The average molecular weight is 559 g/mol. The fourth-order valence-electron chi connectivity index (χ4n) is 5.05. The molecule has 8 nitrogen and oxygen atoms in total. The Balaban J connectivity index is 1.80. The number of methoxy groups -OCH3 is 1. The summed E-state index contributed by atoms with van der Waals surface area (Å²) in [6.45, 7) is 7.46. The number of aryl methyl sites for hydroxylation is 2. The number of nitrogens with zero attached hydrogens (tertiary/aromatic N) is 2. The molecule has 0 saturated heterocycles. The van der Waals surface area contributed by atoms with Gasteiger partial charge in [-0.25, -0.2) is 9.36 Å². The smallest absolute Gasteiger partial charge is 0.275 e. The number of para-hydroxylation sites is 2. The number of halogens is 1. The summed E-state index contributed by atoms with van der Waals surface area (Å²) in [5.74, 6) is 0.0536. The molecule has 3 aromatic carbocycles. The van der Waals surface area contributed by atoms with Crippen LogP contribution in [0.25, 0.3) is 11.4 Å². The van der Waals surface area contributed by atoms with Crippen molar-refractivity contribution in [1.82, 2.24) is 19.6 Å². The van der Waals surface area contributed by atoms with E-state index in [2.05, 4.69) is 10.2 Å².